The van der Waals surface area contributed by atoms with Gasteiger partial charge >= 0.3 is 6.09 Å². The lowest BCUT2D eigenvalue weighted by atomic mass is 9.98. The Labute approximate surface area is 71.5 Å². The maximum atomic E-state index is 11.2. The second-order valence-corrected chi connectivity index (χ2v) is 2.79. The Morgan fingerprint density at radius 1 is 1.58 bits per heavy atom. The van der Waals surface area contributed by atoms with Crippen LogP contribution < -0.4 is 0 Å². The molecule has 0 N–H and O–H groups in total. The smallest absolute Gasteiger partial charge is 0.410 e. The van der Waals surface area contributed by atoms with Crippen LogP contribution in [0, 0.1) is 0 Å². The Bertz CT molecular complexity index is 180. The zero-order valence-electron chi connectivity index (χ0n) is 7.37. The van der Waals surface area contributed by atoms with Crippen LogP contribution in [-0.2, 0) is 9.53 Å². The van der Waals surface area contributed by atoms with E-state index in [-0.39, 0.29) is 11.8 Å². The lowest BCUT2D eigenvalue weighted by Crippen LogP contribution is -2.54. The number of methoxy groups -OCH3 is 1. The van der Waals surface area contributed by atoms with Crippen LogP contribution in [0.1, 0.15) is 19.8 Å². The van der Waals surface area contributed by atoms with E-state index in [0.29, 0.717) is 13.0 Å². The van der Waals surface area contributed by atoms with E-state index >= 15 is 0 Å². The lowest BCUT2D eigenvalue weighted by molar-refractivity contribution is -0.127. The number of carbonyl (C=O) groups excluding carboxylic acids is 2. The van der Waals surface area contributed by atoms with Crippen LogP contribution in [0.4, 0.5) is 4.79 Å². The summed E-state index contributed by atoms with van der Waals surface area (Å²) >= 11 is 0. The van der Waals surface area contributed by atoms with E-state index in [4.69, 9.17) is 0 Å². The number of amides is 1. The second-order valence-electron chi connectivity index (χ2n) is 2.79. The van der Waals surface area contributed by atoms with Crippen molar-refractivity contribution in [2.45, 2.75) is 25.8 Å². The first kappa shape index (κ1) is 9.03. The van der Waals surface area contributed by atoms with E-state index in [2.05, 4.69) is 4.74 Å². The average molecular weight is 171 g/mol. The molecule has 68 valence electrons. The number of hydrogen-bond acceptors (Lipinski definition) is 3. The fourth-order valence-electron chi connectivity index (χ4n) is 1.29. The Kier molecular flexibility index (Phi) is 2.68. The van der Waals surface area contributed by atoms with Crippen molar-refractivity contribution >= 4 is 11.9 Å². The van der Waals surface area contributed by atoms with Crippen molar-refractivity contribution in [2.24, 2.45) is 0 Å². The van der Waals surface area contributed by atoms with Gasteiger partial charge in [-0.05, 0) is 6.42 Å². The van der Waals surface area contributed by atoms with Crippen molar-refractivity contribution in [3.63, 3.8) is 0 Å². The molecule has 1 aliphatic rings. The van der Waals surface area contributed by atoms with Crippen LogP contribution in [0.3, 0.4) is 0 Å². The number of nitrogens with zero attached hydrogens (tertiary/aromatic N) is 1. The van der Waals surface area contributed by atoms with Gasteiger partial charge in [-0.2, -0.15) is 0 Å². The molecule has 1 saturated heterocycles. The van der Waals surface area contributed by atoms with Crippen LogP contribution in [0.25, 0.3) is 0 Å². The molecule has 0 radical (unpaired) electrons. The van der Waals surface area contributed by atoms with Gasteiger partial charge in [0.15, 0.2) is 5.78 Å². The number of Topliss-reactive ketones (excluding diaryl/α,β-unsaturated/α-hetero) is 1. The van der Waals surface area contributed by atoms with Crippen molar-refractivity contribution in [1.29, 1.82) is 0 Å². The molecule has 0 aliphatic carbocycles. The van der Waals surface area contributed by atoms with Crippen molar-refractivity contribution in [3.8, 4) is 0 Å². The number of carbonyl (C=O) groups is 2. The SMILES string of the molecule is CCC(=O)[C@@H]1CCN1C(=O)OC. The van der Waals surface area contributed by atoms with Crippen molar-refractivity contribution < 1.29 is 14.3 Å². The molecule has 1 fully saturated rings. The molecule has 0 unspecified atom stereocenters. The Morgan fingerprint density at radius 3 is 2.58 bits per heavy atom. The van der Waals surface area contributed by atoms with E-state index in [9.17, 15) is 9.59 Å². The molecular formula is C8H13NO3. The third-order valence-corrected chi connectivity index (χ3v) is 2.15. The molecular weight excluding hydrogens is 158 g/mol. The van der Waals surface area contributed by atoms with Crippen LogP contribution >= 0.6 is 0 Å². The normalized spacial score (nSPS) is 21.5. The average Bonchev–Trinajstić information content (AvgIpc) is 2.02. The van der Waals surface area contributed by atoms with Gasteiger partial charge in [0.05, 0.1) is 13.2 Å². The zero-order valence-corrected chi connectivity index (χ0v) is 7.37. The summed E-state index contributed by atoms with van der Waals surface area (Å²) in [6, 6.07) is -0.220. The van der Waals surface area contributed by atoms with Gasteiger partial charge in [-0.15, -0.1) is 0 Å². The minimum absolute atomic E-state index is 0.117. The highest BCUT2D eigenvalue weighted by Gasteiger charge is 2.36. The molecule has 0 aromatic rings. The summed E-state index contributed by atoms with van der Waals surface area (Å²) in [6.45, 7) is 2.44. The molecule has 0 aromatic carbocycles. The number of ether oxygens (including phenoxy) is 1. The minimum Gasteiger partial charge on any atom is -0.453 e. The maximum Gasteiger partial charge on any atom is 0.410 e. The van der Waals surface area contributed by atoms with Crippen LogP contribution in [-0.4, -0.2) is 36.5 Å². The molecule has 1 atom stereocenters. The molecule has 1 aliphatic heterocycles. The molecule has 4 nitrogen and oxygen atoms in total. The second kappa shape index (κ2) is 3.56. The summed E-state index contributed by atoms with van der Waals surface area (Å²) in [7, 11) is 1.33. The van der Waals surface area contributed by atoms with E-state index in [1.807, 2.05) is 0 Å². The predicted molar refractivity (Wildman–Crippen MR) is 42.8 cm³/mol. The molecule has 4 heteroatoms. The maximum absolute atomic E-state index is 11.2. The highest BCUT2D eigenvalue weighted by atomic mass is 16.5. The largest absolute Gasteiger partial charge is 0.453 e. The lowest BCUT2D eigenvalue weighted by Gasteiger charge is -2.38. The van der Waals surface area contributed by atoms with Crippen LogP contribution in [0.15, 0.2) is 0 Å². The first-order valence-electron chi connectivity index (χ1n) is 4.08. The van der Waals surface area contributed by atoms with Gasteiger partial charge in [-0.1, -0.05) is 6.92 Å². The summed E-state index contributed by atoms with van der Waals surface area (Å²) in [6.07, 6.45) is 0.868. The molecule has 12 heavy (non-hydrogen) atoms. The fourth-order valence-corrected chi connectivity index (χ4v) is 1.29. The van der Waals surface area contributed by atoms with E-state index in [1.54, 1.807) is 6.92 Å². The summed E-state index contributed by atoms with van der Waals surface area (Å²) in [5, 5.41) is 0. The highest BCUT2D eigenvalue weighted by Crippen LogP contribution is 2.19. The van der Waals surface area contributed by atoms with Crippen molar-refractivity contribution in [3.05, 3.63) is 0 Å². The van der Waals surface area contributed by atoms with Gasteiger partial charge < -0.3 is 4.74 Å². The summed E-state index contributed by atoms with van der Waals surface area (Å²) < 4.78 is 4.51. The topological polar surface area (TPSA) is 46.6 Å². The molecule has 0 saturated carbocycles. The van der Waals surface area contributed by atoms with Crippen LogP contribution in [0.5, 0.6) is 0 Å². The number of ketones is 1. The molecule has 0 aromatic heterocycles. The fraction of sp³-hybridized carbons (Fsp3) is 0.750. The zero-order chi connectivity index (χ0) is 9.14. The summed E-state index contributed by atoms with van der Waals surface area (Å²) in [5.41, 5.74) is 0. The summed E-state index contributed by atoms with van der Waals surface area (Å²) in [4.78, 5) is 23.6. The standard InChI is InChI=1S/C8H13NO3/c1-3-7(10)6-4-5-9(6)8(11)12-2/h6H,3-5H2,1-2H3/t6-/m0/s1. The van der Waals surface area contributed by atoms with Gasteiger partial charge in [0, 0.05) is 13.0 Å². The first-order chi connectivity index (χ1) is 5.70. The van der Waals surface area contributed by atoms with Gasteiger partial charge in [-0.3, -0.25) is 9.69 Å². The molecule has 1 rings (SSSR count). The molecule has 0 bridgehead atoms. The van der Waals surface area contributed by atoms with Crippen LogP contribution in [0.2, 0.25) is 0 Å². The van der Waals surface area contributed by atoms with E-state index in [0.717, 1.165) is 6.42 Å². The minimum atomic E-state index is -0.395. The van der Waals surface area contributed by atoms with E-state index < -0.39 is 6.09 Å². The predicted octanol–water partition coefficient (Wildman–Crippen LogP) is 0.806. The Hall–Kier alpha value is -1.06. The molecule has 1 heterocycles. The third-order valence-electron chi connectivity index (χ3n) is 2.15. The number of hydrogen-bond donors (Lipinski definition) is 0. The van der Waals surface area contributed by atoms with Crippen molar-refractivity contribution in [2.75, 3.05) is 13.7 Å². The van der Waals surface area contributed by atoms with Crippen molar-refractivity contribution in [1.82, 2.24) is 4.90 Å². The van der Waals surface area contributed by atoms with E-state index in [1.165, 1.54) is 12.0 Å². The first-order valence-corrected chi connectivity index (χ1v) is 4.08. The van der Waals surface area contributed by atoms with Gasteiger partial charge in [0.1, 0.15) is 0 Å². The number of rotatable bonds is 2. The third kappa shape index (κ3) is 1.42. The number of likely N-dealkylation sites (tertiary alicyclic amines) is 1. The molecule has 0 spiro atoms. The van der Waals surface area contributed by atoms with Gasteiger partial charge in [0.2, 0.25) is 0 Å². The Balaban J connectivity index is 2.49. The Morgan fingerprint density at radius 2 is 2.25 bits per heavy atom. The summed E-state index contributed by atoms with van der Waals surface area (Å²) in [5.74, 6) is 0.117. The quantitative estimate of drug-likeness (QED) is 0.617. The van der Waals surface area contributed by atoms with Gasteiger partial charge in [-0.25, -0.2) is 4.79 Å². The molecule has 1 amide bonds. The van der Waals surface area contributed by atoms with Gasteiger partial charge in [0.25, 0.3) is 0 Å². The highest BCUT2D eigenvalue weighted by molar-refractivity contribution is 5.88. The monoisotopic (exact) mass is 171 g/mol.